The standard InChI is InChI=1S/C21H28N4O2.HI/c1-16-5-4-12-25(15-16)21(22-2)24-14-17-6-11-20(23-13-17)27-19-9-7-18(26-3)8-10-19;/h6-11,13,16H,4-5,12,14-15H2,1-3H3,(H,22,24);1H. The number of rotatable bonds is 5. The van der Waals surface area contributed by atoms with Gasteiger partial charge in [-0.2, -0.15) is 0 Å². The van der Waals surface area contributed by atoms with E-state index in [0.717, 1.165) is 36.1 Å². The number of halogens is 1. The summed E-state index contributed by atoms with van der Waals surface area (Å²) in [7, 11) is 3.48. The van der Waals surface area contributed by atoms with Crippen molar-refractivity contribution in [2.45, 2.75) is 26.3 Å². The molecule has 6 nitrogen and oxygen atoms in total. The normalized spacial score (nSPS) is 16.9. The molecule has 28 heavy (non-hydrogen) atoms. The van der Waals surface area contributed by atoms with Crippen molar-refractivity contribution < 1.29 is 9.47 Å². The Bertz CT molecular complexity index is 750. The van der Waals surface area contributed by atoms with Crippen molar-refractivity contribution in [3.63, 3.8) is 0 Å². The van der Waals surface area contributed by atoms with Crippen LogP contribution in [0.25, 0.3) is 0 Å². The summed E-state index contributed by atoms with van der Waals surface area (Å²) in [6.07, 6.45) is 4.35. The highest BCUT2D eigenvalue weighted by molar-refractivity contribution is 14.0. The summed E-state index contributed by atoms with van der Waals surface area (Å²) in [5.41, 5.74) is 1.09. The van der Waals surface area contributed by atoms with Crippen LogP contribution in [0.5, 0.6) is 17.4 Å². The Hall–Kier alpha value is -2.03. The Morgan fingerprint density at radius 3 is 2.57 bits per heavy atom. The zero-order valence-electron chi connectivity index (χ0n) is 16.7. The Balaban J connectivity index is 0.00000280. The summed E-state index contributed by atoms with van der Waals surface area (Å²) in [6.45, 7) is 5.11. The maximum absolute atomic E-state index is 5.77. The van der Waals surface area contributed by atoms with Crippen molar-refractivity contribution in [3.8, 4) is 17.4 Å². The fourth-order valence-electron chi connectivity index (χ4n) is 3.24. The third-order valence-corrected chi connectivity index (χ3v) is 4.70. The molecule has 1 aromatic heterocycles. The van der Waals surface area contributed by atoms with Gasteiger partial charge in [0.05, 0.1) is 7.11 Å². The SMILES string of the molecule is CN=C(NCc1ccc(Oc2ccc(OC)cc2)nc1)N1CCCC(C)C1.I. The smallest absolute Gasteiger partial charge is 0.219 e. The van der Waals surface area contributed by atoms with Crippen LogP contribution in [0.4, 0.5) is 0 Å². The van der Waals surface area contributed by atoms with Crippen LogP contribution in [-0.2, 0) is 6.54 Å². The van der Waals surface area contributed by atoms with E-state index in [1.165, 1.54) is 12.8 Å². The van der Waals surface area contributed by atoms with Gasteiger partial charge in [0, 0.05) is 38.9 Å². The Kier molecular flexibility index (Phi) is 8.82. The van der Waals surface area contributed by atoms with E-state index in [2.05, 4.69) is 27.1 Å². The second kappa shape index (κ2) is 11.1. The van der Waals surface area contributed by atoms with Crippen LogP contribution in [0.2, 0.25) is 0 Å². The number of guanidine groups is 1. The minimum Gasteiger partial charge on any atom is -0.497 e. The second-order valence-corrected chi connectivity index (χ2v) is 6.88. The Labute approximate surface area is 184 Å². The van der Waals surface area contributed by atoms with Crippen molar-refractivity contribution >= 4 is 29.9 Å². The Morgan fingerprint density at radius 2 is 1.96 bits per heavy atom. The van der Waals surface area contributed by atoms with Gasteiger partial charge in [-0.1, -0.05) is 13.0 Å². The van der Waals surface area contributed by atoms with Crippen molar-refractivity contribution in [1.82, 2.24) is 15.2 Å². The molecule has 1 saturated heterocycles. The predicted molar refractivity (Wildman–Crippen MR) is 123 cm³/mol. The number of aromatic nitrogens is 1. The van der Waals surface area contributed by atoms with Crippen LogP contribution in [-0.4, -0.2) is 43.1 Å². The highest BCUT2D eigenvalue weighted by atomic mass is 127. The number of likely N-dealkylation sites (tertiary alicyclic amines) is 1. The molecular formula is C21H29IN4O2. The first-order valence-electron chi connectivity index (χ1n) is 9.40. The van der Waals surface area contributed by atoms with E-state index in [9.17, 15) is 0 Å². The first kappa shape index (κ1) is 22.3. The summed E-state index contributed by atoms with van der Waals surface area (Å²) >= 11 is 0. The van der Waals surface area contributed by atoms with Gasteiger partial charge < -0.3 is 19.7 Å². The predicted octanol–water partition coefficient (Wildman–Crippen LogP) is 4.31. The average Bonchev–Trinajstić information content (AvgIpc) is 2.70. The molecule has 1 aromatic carbocycles. The number of hydrogen-bond acceptors (Lipinski definition) is 4. The van der Waals surface area contributed by atoms with Gasteiger partial charge in [0.15, 0.2) is 5.96 Å². The van der Waals surface area contributed by atoms with E-state index < -0.39 is 0 Å². The fourth-order valence-corrected chi connectivity index (χ4v) is 3.24. The largest absolute Gasteiger partial charge is 0.497 e. The molecule has 3 rings (SSSR count). The number of methoxy groups -OCH3 is 1. The molecule has 152 valence electrons. The van der Waals surface area contributed by atoms with Gasteiger partial charge >= 0.3 is 0 Å². The van der Waals surface area contributed by atoms with Crippen LogP contribution in [0.1, 0.15) is 25.3 Å². The topological polar surface area (TPSA) is 59.0 Å². The molecule has 1 aliphatic rings. The van der Waals surface area contributed by atoms with E-state index in [-0.39, 0.29) is 24.0 Å². The van der Waals surface area contributed by atoms with E-state index in [4.69, 9.17) is 9.47 Å². The van der Waals surface area contributed by atoms with Crippen molar-refractivity contribution in [2.24, 2.45) is 10.9 Å². The molecule has 2 aromatic rings. The molecule has 1 aliphatic heterocycles. The molecule has 1 N–H and O–H groups in total. The number of ether oxygens (including phenoxy) is 2. The van der Waals surface area contributed by atoms with Gasteiger partial charge in [-0.3, -0.25) is 4.99 Å². The quantitative estimate of drug-likeness (QED) is 0.380. The molecule has 2 heterocycles. The molecule has 0 amide bonds. The average molecular weight is 496 g/mol. The van der Waals surface area contributed by atoms with Crippen LogP contribution < -0.4 is 14.8 Å². The maximum atomic E-state index is 5.77. The molecule has 1 atom stereocenters. The zero-order chi connectivity index (χ0) is 19.1. The molecule has 7 heteroatoms. The van der Waals surface area contributed by atoms with Crippen LogP contribution in [0, 0.1) is 5.92 Å². The van der Waals surface area contributed by atoms with Gasteiger partial charge in [-0.15, -0.1) is 24.0 Å². The molecule has 1 fully saturated rings. The Morgan fingerprint density at radius 1 is 1.21 bits per heavy atom. The number of nitrogens with zero attached hydrogens (tertiary/aromatic N) is 3. The zero-order valence-corrected chi connectivity index (χ0v) is 19.1. The van der Waals surface area contributed by atoms with Gasteiger partial charge in [0.2, 0.25) is 5.88 Å². The lowest BCUT2D eigenvalue weighted by Crippen LogP contribution is -2.45. The van der Waals surface area contributed by atoms with Crippen molar-refractivity contribution in [1.29, 1.82) is 0 Å². The van der Waals surface area contributed by atoms with Gasteiger partial charge in [-0.25, -0.2) is 4.98 Å². The van der Waals surface area contributed by atoms with Crippen LogP contribution in [0.15, 0.2) is 47.6 Å². The summed E-state index contributed by atoms with van der Waals surface area (Å²) in [5.74, 6) is 3.77. The number of pyridine rings is 1. The second-order valence-electron chi connectivity index (χ2n) is 6.88. The molecule has 0 radical (unpaired) electrons. The number of nitrogens with one attached hydrogen (secondary N) is 1. The van der Waals surface area contributed by atoms with Crippen LogP contribution in [0.3, 0.4) is 0 Å². The molecule has 0 aliphatic carbocycles. The molecule has 1 unspecified atom stereocenters. The highest BCUT2D eigenvalue weighted by Gasteiger charge is 2.18. The molecule has 0 spiro atoms. The monoisotopic (exact) mass is 496 g/mol. The third kappa shape index (κ3) is 6.25. The van der Waals surface area contributed by atoms with Gasteiger partial charge in [0.25, 0.3) is 0 Å². The summed E-state index contributed by atoms with van der Waals surface area (Å²) in [4.78, 5) is 11.2. The first-order chi connectivity index (χ1) is 13.2. The molecule has 0 bridgehead atoms. The lowest BCUT2D eigenvalue weighted by Gasteiger charge is -2.33. The highest BCUT2D eigenvalue weighted by Crippen LogP contribution is 2.22. The summed E-state index contributed by atoms with van der Waals surface area (Å²) < 4.78 is 10.9. The maximum Gasteiger partial charge on any atom is 0.219 e. The lowest BCUT2D eigenvalue weighted by atomic mass is 10.0. The van der Waals surface area contributed by atoms with E-state index in [0.29, 0.717) is 18.3 Å². The van der Waals surface area contributed by atoms with Crippen molar-refractivity contribution in [2.75, 3.05) is 27.2 Å². The van der Waals surface area contributed by atoms with E-state index in [1.54, 1.807) is 7.11 Å². The molecular weight excluding hydrogens is 467 g/mol. The minimum atomic E-state index is 0. The van der Waals surface area contributed by atoms with E-state index >= 15 is 0 Å². The van der Waals surface area contributed by atoms with Gasteiger partial charge in [0.1, 0.15) is 11.5 Å². The van der Waals surface area contributed by atoms with Crippen LogP contribution >= 0.6 is 24.0 Å². The number of hydrogen-bond donors (Lipinski definition) is 1. The molecule has 0 saturated carbocycles. The summed E-state index contributed by atoms with van der Waals surface area (Å²) in [5, 5.41) is 3.44. The fraction of sp³-hybridized carbons (Fsp3) is 0.429. The third-order valence-electron chi connectivity index (χ3n) is 4.70. The van der Waals surface area contributed by atoms with E-state index in [1.807, 2.05) is 49.6 Å². The first-order valence-corrected chi connectivity index (χ1v) is 9.40. The number of piperidine rings is 1. The van der Waals surface area contributed by atoms with Crippen molar-refractivity contribution in [3.05, 3.63) is 48.2 Å². The van der Waals surface area contributed by atoms with Gasteiger partial charge in [-0.05, 0) is 48.6 Å². The summed E-state index contributed by atoms with van der Waals surface area (Å²) in [6, 6.07) is 11.3. The number of benzene rings is 1. The minimum absolute atomic E-state index is 0. The number of aliphatic imine (C=N–C) groups is 1. The lowest BCUT2D eigenvalue weighted by molar-refractivity contribution is 0.266.